The highest BCUT2D eigenvalue weighted by molar-refractivity contribution is 5.94. The monoisotopic (exact) mass is 532 g/mol. The van der Waals surface area contributed by atoms with E-state index in [1.807, 2.05) is 6.07 Å². The average Bonchev–Trinajstić information content (AvgIpc) is 2.86. The van der Waals surface area contributed by atoms with Gasteiger partial charge in [-0.3, -0.25) is 9.59 Å². The Hall–Kier alpha value is -4.04. The van der Waals surface area contributed by atoms with E-state index in [9.17, 15) is 22.8 Å². The van der Waals surface area contributed by atoms with Crippen molar-refractivity contribution in [3.05, 3.63) is 92.4 Å². The van der Waals surface area contributed by atoms with Crippen molar-refractivity contribution in [1.29, 1.82) is 5.26 Å². The SMILES string of the molecule is CN(C)n1c(NCc2ccc(C(F)(F)F)cc2)nc2c(c1=O)CN(C(=O)c1ccc(C#N)cc1)CC2.Cl. The topological polar surface area (TPSA) is 94.3 Å². The normalized spacial score (nSPS) is 12.7. The van der Waals surface area contributed by atoms with Gasteiger partial charge in [-0.05, 0) is 42.0 Å². The lowest BCUT2D eigenvalue weighted by Gasteiger charge is -2.30. The minimum atomic E-state index is -4.41. The molecule has 0 unspecified atom stereocenters. The Morgan fingerprint density at radius 1 is 1.14 bits per heavy atom. The standard InChI is InChI=1S/C25H23F3N6O2.ClH/c1-32(2)34-23(36)20-15-33(22(35)18-7-3-16(13-29)4-8-18)12-11-21(20)31-24(34)30-14-17-5-9-19(10-6-17)25(26,27)28;/h3-10H,11-12,14-15H2,1-2H3,(H,30,31);1H. The van der Waals surface area contributed by atoms with Gasteiger partial charge in [-0.15, -0.1) is 12.4 Å². The molecular formula is C25H24ClF3N6O2. The van der Waals surface area contributed by atoms with Crippen LogP contribution in [0.3, 0.4) is 0 Å². The molecule has 0 fully saturated rings. The number of anilines is 1. The molecule has 0 spiro atoms. The van der Waals surface area contributed by atoms with Gasteiger partial charge in [-0.25, -0.2) is 4.98 Å². The van der Waals surface area contributed by atoms with Crippen LogP contribution in [0.2, 0.25) is 0 Å². The Morgan fingerprint density at radius 2 is 1.78 bits per heavy atom. The van der Waals surface area contributed by atoms with Gasteiger partial charge in [0.2, 0.25) is 5.95 Å². The molecule has 8 nitrogen and oxygen atoms in total. The maximum Gasteiger partial charge on any atom is 0.416 e. The second-order valence-corrected chi connectivity index (χ2v) is 8.54. The van der Waals surface area contributed by atoms with Crippen LogP contribution in [0.4, 0.5) is 19.1 Å². The molecule has 3 aromatic rings. The highest BCUT2D eigenvalue weighted by Crippen LogP contribution is 2.29. The van der Waals surface area contributed by atoms with Crippen LogP contribution in [0, 0.1) is 11.3 Å². The lowest BCUT2D eigenvalue weighted by molar-refractivity contribution is -0.137. The molecule has 0 bridgehead atoms. The zero-order valence-corrected chi connectivity index (χ0v) is 20.9. The predicted octanol–water partition coefficient (Wildman–Crippen LogP) is 3.56. The molecule has 2 aromatic carbocycles. The van der Waals surface area contributed by atoms with Crippen LogP contribution in [0.5, 0.6) is 0 Å². The predicted molar refractivity (Wildman–Crippen MR) is 134 cm³/mol. The number of carbonyl (C=O) groups is 1. The molecule has 37 heavy (non-hydrogen) atoms. The van der Waals surface area contributed by atoms with Gasteiger partial charge in [-0.2, -0.15) is 23.1 Å². The van der Waals surface area contributed by atoms with E-state index in [4.69, 9.17) is 5.26 Å². The molecule has 1 amide bonds. The van der Waals surface area contributed by atoms with Gasteiger partial charge in [0.15, 0.2) is 0 Å². The summed E-state index contributed by atoms with van der Waals surface area (Å²) in [5.74, 6) is 0.0148. The minimum absolute atomic E-state index is 0. The Balaban J connectivity index is 0.00000380. The number of nitrogens with zero attached hydrogens (tertiary/aromatic N) is 5. The zero-order valence-electron chi connectivity index (χ0n) is 20.0. The summed E-state index contributed by atoms with van der Waals surface area (Å²) in [5.41, 5.74) is 1.37. The maximum absolute atomic E-state index is 13.4. The van der Waals surface area contributed by atoms with Crippen molar-refractivity contribution in [2.75, 3.05) is 31.0 Å². The molecule has 0 saturated carbocycles. The number of amides is 1. The molecule has 0 saturated heterocycles. The molecule has 2 heterocycles. The second-order valence-electron chi connectivity index (χ2n) is 8.54. The Morgan fingerprint density at radius 3 is 2.35 bits per heavy atom. The van der Waals surface area contributed by atoms with E-state index in [1.54, 1.807) is 48.3 Å². The van der Waals surface area contributed by atoms with Gasteiger partial charge in [0.25, 0.3) is 11.5 Å². The van der Waals surface area contributed by atoms with Gasteiger partial charge in [-0.1, -0.05) is 12.1 Å². The lowest BCUT2D eigenvalue weighted by Crippen LogP contribution is -2.45. The van der Waals surface area contributed by atoms with E-state index < -0.39 is 11.7 Å². The van der Waals surface area contributed by atoms with Crippen molar-refractivity contribution in [2.24, 2.45) is 0 Å². The van der Waals surface area contributed by atoms with Crippen LogP contribution in [-0.4, -0.2) is 41.1 Å². The first-order chi connectivity index (χ1) is 17.1. The number of halogens is 4. The van der Waals surface area contributed by atoms with Gasteiger partial charge < -0.3 is 15.2 Å². The minimum Gasteiger partial charge on any atom is -0.350 e. The third kappa shape index (κ3) is 5.86. The number of benzene rings is 2. The summed E-state index contributed by atoms with van der Waals surface area (Å²) in [6.07, 6.45) is -4.04. The second kappa shape index (κ2) is 10.9. The molecule has 1 aliphatic rings. The molecule has 4 rings (SSSR count). The Bertz CT molecular complexity index is 1380. The van der Waals surface area contributed by atoms with Gasteiger partial charge in [0.1, 0.15) is 0 Å². The number of alkyl halides is 3. The summed E-state index contributed by atoms with van der Waals surface area (Å²) in [4.78, 5) is 32.5. The van der Waals surface area contributed by atoms with Crippen LogP contribution in [0.15, 0.2) is 53.3 Å². The number of hydrogen-bond acceptors (Lipinski definition) is 6. The molecule has 1 N–H and O–H groups in total. The van der Waals surface area contributed by atoms with Crippen molar-refractivity contribution in [2.45, 2.75) is 25.7 Å². The molecule has 0 aliphatic carbocycles. The summed E-state index contributed by atoms with van der Waals surface area (Å²) < 4.78 is 39.8. The number of fused-ring (bicyclic) bond motifs is 1. The first kappa shape index (κ1) is 27.5. The largest absolute Gasteiger partial charge is 0.416 e. The fraction of sp³-hybridized carbons (Fsp3) is 0.280. The first-order valence-electron chi connectivity index (χ1n) is 11.1. The molecule has 1 aliphatic heterocycles. The molecule has 12 heteroatoms. The fourth-order valence-electron chi connectivity index (χ4n) is 3.99. The van der Waals surface area contributed by atoms with E-state index in [2.05, 4.69) is 10.3 Å². The van der Waals surface area contributed by atoms with Crippen molar-refractivity contribution in [1.82, 2.24) is 14.6 Å². The van der Waals surface area contributed by atoms with E-state index in [0.717, 1.165) is 12.1 Å². The van der Waals surface area contributed by atoms with Crippen molar-refractivity contribution >= 4 is 24.3 Å². The summed E-state index contributed by atoms with van der Waals surface area (Å²) in [6.45, 7) is 0.621. The average molecular weight is 533 g/mol. The molecule has 1 aromatic heterocycles. The summed E-state index contributed by atoms with van der Waals surface area (Å²) >= 11 is 0. The zero-order chi connectivity index (χ0) is 26.0. The van der Waals surface area contributed by atoms with Crippen LogP contribution in [0.1, 0.15) is 38.3 Å². The smallest absolute Gasteiger partial charge is 0.350 e. The van der Waals surface area contributed by atoms with Crippen molar-refractivity contribution < 1.29 is 18.0 Å². The van der Waals surface area contributed by atoms with Crippen LogP contribution < -0.4 is 15.9 Å². The van der Waals surface area contributed by atoms with Crippen molar-refractivity contribution in [3.8, 4) is 6.07 Å². The van der Waals surface area contributed by atoms with Crippen LogP contribution >= 0.6 is 12.4 Å². The number of rotatable bonds is 5. The number of nitriles is 1. The van der Waals surface area contributed by atoms with E-state index in [0.29, 0.717) is 40.9 Å². The van der Waals surface area contributed by atoms with E-state index in [-0.39, 0.29) is 42.9 Å². The fourth-order valence-corrected chi connectivity index (χ4v) is 3.99. The van der Waals surface area contributed by atoms with E-state index in [1.165, 1.54) is 16.8 Å². The van der Waals surface area contributed by atoms with E-state index >= 15 is 0 Å². The Kier molecular flexibility index (Phi) is 8.13. The highest BCUT2D eigenvalue weighted by atomic mass is 35.5. The molecule has 0 atom stereocenters. The molecule has 0 radical (unpaired) electrons. The van der Waals surface area contributed by atoms with Crippen LogP contribution in [0.25, 0.3) is 0 Å². The van der Waals surface area contributed by atoms with Gasteiger partial charge >= 0.3 is 6.18 Å². The number of carbonyl (C=O) groups excluding carboxylic acids is 1. The highest BCUT2D eigenvalue weighted by Gasteiger charge is 2.30. The molecular weight excluding hydrogens is 509 g/mol. The lowest BCUT2D eigenvalue weighted by atomic mass is 10.0. The first-order valence-corrected chi connectivity index (χ1v) is 11.1. The summed E-state index contributed by atoms with van der Waals surface area (Å²) in [7, 11) is 3.34. The summed E-state index contributed by atoms with van der Waals surface area (Å²) in [6, 6.07) is 13.1. The third-order valence-electron chi connectivity index (χ3n) is 5.89. The summed E-state index contributed by atoms with van der Waals surface area (Å²) in [5, 5.41) is 13.6. The van der Waals surface area contributed by atoms with Gasteiger partial charge in [0, 0.05) is 39.2 Å². The Labute approximate surface area is 217 Å². The number of aromatic nitrogens is 2. The maximum atomic E-state index is 13.4. The number of nitrogens with one attached hydrogen (secondary N) is 1. The van der Waals surface area contributed by atoms with Crippen LogP contribution in [-0.2, 0) is 25.7 Å². The quantitative estimate of drug-likeness (QED) is 0.540. The molecule has 194 valence electrons. The third-order valence-corrected chi connectivity index (χ3v) is 5.89. The van der Waals surface area contributed by atoms with Gasteiger partial charge in [0.05, 0.1) is 35.0 Å². The number of hydrogen-bond donors (Lipinski definition) is 1. The van der Waals surface area contributed by atoms with Crippen molar-refractivity contribution in [3.63, 3.8) is 0 Å².